The lowest BCUT2D eigenvalue weighted by atomic mass is 9.34. The molecule has 0 N–H and O–H groups in total. The molecule has 0 unspecified atom stereocenters. The third-order valence-corrected chi connectivity index (χ3v) is 8.55. The van der Waals surface area contributed by atoms with E-state index in [0.29, 0.717) is 0 Å². The lowest BCUT2D eigenvalue weighted by Gasteiger charge is -2.27. The minimum atomic E-state index is 0.125. The first-order valence-corrected chi connectivity index (χ1v) is 15.3. The molecule has 0 saturated carbocycles. The first-order chi connectivity index (χ1) is 21.3. The summed E-state index contributed by atoms with van der Waals surface area (Å²) in [5, 5.41) is 0. The summed E-state index contributed by atoms with van der Waals surface area (Å²) in [4.78, 5) is 11.3. The fourth-order valence-electron chi connectivity index (χ4n) is 6.84. The Morgan fingerprint density at radius 1 is 0.523 bits per heavy atom. The Morgan fingerprint density at radius 3 is 1.48 bits per heavy atom. The van der Waals surface area contributed by atoms with Gasteiger partial charge in [0.25, 0.3) is 0 Å². The first kappa shape index (κ1) is 29.1. The van der Waals surface area contributed by atoms with Gasteiger partial charge in [-0.2, -0.15) is 0 Å². The Labute approximate surface area is 262 Å². The standard InChI is InChI=1S/C40H38BN3/c1-27-22-29(3)39(30(4)23-27)41(40-31(5)24-28(2)25-32(40)6)35-14-18-37(19-15-35)44(38-26-42-20-21-43-38)36-16-12-34(13-17-36)33-10-8-7-9-11-33/h7-26H,1-6H3. The molecule has 6 aromatic rings. The maximum Gasteiger partial charge on any atom is 0.242 e. The SMILES string of the molecule is Cc1cc(C)c(B(c2ccc(N(c3ccc(-c4ccccc4)cc3)c3cnccn3)cc2)c2c(C)cc(C)cc2C)c(C)c1. The molecule has 0 fully saturated rings. The van der Waals surface area contributed by atoms with Gasteiger partial charge in [-0.05, 0) is 76.9 Å². The lowest BCUT2D eigenvalue weighted by Crippen LogP contribution is -2.55. The van der Waals surface area contributed by atoms with E-state index >= 15 is 0 Å². The quantitative estimate of drug-likeness (QED) is 0.182. The Morgan fingerprint density at radius 2 is 1.00 bits per heavy atom. The summed E-state index contributed by atoms with van der Waals surface area (Å²) in [7, 11) is 0. The van der Waals surface area contributed by atoms with Crippen LogP contribution in [0.25, 0.3) is 11.1 Å². The van der Waals surface area contributed by atoms with Crippen LogP contribution in [0.2, 0.25) is 0 Å². The second-order valence-corrected chi connectivity index (χ2v) is 12.0. The lowest BCUT2D eigenvalue weighted by molar-refractivity contribution is 1.12. The Kier molecular flexibility index (Phi) is 8.17. The molecule has 0 radical (unpaired) electrons. The van der Waals surface area contributed by atoms with Crippen molar-refractivity contribution in [3.8, 4) is 11.1 Å². The van der Waals surface area contributed by atoms with Crippen molar-refractivity contribution in [2.45, 2.75) is 41.5 Å². The van der Waals surface area contributed by atoms with Gasteiger partial charge in [-0.25, -0.2) is 4.98 Å². The van der Waals surface area contributed by atoms with Gasteiger partial charge in [0.05, 0.1) is 6.20 Å². The normalized spacial score (nSPS) is 11.0. The molecule has 44 heavy (non-hydrogen) atoms. The van der Waals surface area contributed by atoms with Gasteiger partial charge >= 0.3 is 0 Å². The van der Waals surface area contributed by atoms with E-state index in [9.17, 15) is 0 Å². The number of benzene rings is 5. The molecule has 1 aromatic heterocycles. The second kappa shape index (κ2) is 12.3. The van der Waals surface area contributed by atoms with Crippen LogP contribution in [0, 0.1) is 41.5 Å². The average Bonchev–Trinajstić information content (AvgIpc) is 3.01. The van der Waals surface area contributed by atoms with Gasteiger partial charge in [-0.3, -0.25) is 9.88 Å². The van der Waals surface area contributed by atoms with Crippen LogP contribution < -0.4 is 21.3 Å². The summed E-state index contributed by atoms with van der Waals surface area (Å²) < 4.78 is 0. The molecule has 0 aliphatic carbocycles. The second-order valence-electron chi connectivity index (χ2n) is 12.0. The molecule has 0 spiro atoms. The summed E-state index contributed by atoms with van der Waals surface area (Å²) in [6.07, 6.45) is 5.28. The van der Waals surface area contributed by atoms with Crippen LogP contribution >= 0.6 is 0 Å². The molecular formula is C40H38BN3. The predicted molar refractivity (Wildman–Crippen MR) is 188 cm³/mol. The van der Waals surface area contributed by atoms with E-state index in [0.717, 1.165) is 17.2 Å². The van der Waals surface area contributed by atoms with Crippen LogP contribution in [0.5, 0.6) is 0 Å². The maximum absolute atomic E-state index is 4.69. The highest BCUT2D eigenvalue weighted by molar-refractivity contribution is 6.96. The molecule has 0 amide bonds. The number of aryl methyl sites for hydroxylation is 6. The van der Waals surface area contributed by atoms with Gasteiger partial charge < -0.3 is 0 Å². The van der Waals surface area contributed by atoms with Gasteiger partial charge in [0.1, 0.15) is 0 Å². The highest BCUT2D eigenvalue weighted by Gasteiger charge is 2.28. The average molecular weight is 572 g/mol. The van der Waals surface area contributed by atoms with Crippen LogP contribution in [0.4, 0.5) is 17.2 Å². The zero-order valence-corrected chi connectivity index (χ0v) is 26.5. The molecular weight excluding hydrogens is 533 g/mol. The zero-order valence-electron chi connectivity index (χ0n) is 26.5. The summed E-state index contributed by atoms with van der Waals surface area (Å²) in [5.74, 6) is 0.778. The molecule has 0 bridgehead atoms. The zero-order chi connectivity index (χ0) is 30.8. The smallest absolute Gasteiger partial charge is 0.242 e. The maximum atomic E-state index is 4.69. The predicted octanol–water partition coefficient (Wildman–Crippen LogP) is 7.98. The fourth-order valence-corrected chi connectivity index (χ4v) is 6.84. The summed E-state index contributed by atoms with van der Waals surface area (Å²) in [6, 6.07) is 37.4. The first-order valence-electron chi connectivity index (χ1n) is 15.3. The van der Waals surface area contributed by atoms with E-state index in [2.05, 4.69) is 148 Å². The van der Waals surface area contributed by atoms with Crippen molar-refractivity contribution in [3.63, 3.8) is 0 Å². The number of hydrogen-bond acceptors (Lipinski definition) is 3. The highest BCUT2D eigenvalue weighted by Crippen LogP contribution is 2.33. The van der Waals surface area contributed by atoms with E-state index in [-0.39, 0.29) is 6.71 Å². The van der Waals surface area contributed by atoms with E-state index < -0.39 is 0 Å². The number of nitrogens with zero attached hydrogens (tertiary/aromatic N) is 3. The Balaban J connectivity index is 1.46. The molecule has 3 nitrogen and oxygen atoms in total. The minimum absolute atomic E-state index is 0.125. The van der Waals surface area contributed by atoms with Gasteiger partial charge in [-0.15, -0.1) is 0 Å². The molecule has 0 atom stereocenters. The van der Waals surface area contributed by atoms with Crippen molar-refractivity contribution in [3.05, 3.63) is 155 Å². The summed E-state index contributed by atoms with van der Waals surface area (Å²) in [6.45, 7) is 13.5. The van der Waals surface area contributed by atoms with Crippen molar-refractivity contribution in [1.29, 1.82) is 0 Å². The number of aromatic nitrogens is 2. The van der Waals surface area contributed by atoms with Crippen molar-refractivity contribution >= 4 is 40.3 Å². The van der Waals surface area contributed by atoms with Crippen LogP contribution in [-0.4, -0.2) is 16.7 Å². The summed E-state index contributed by atoms with van der Waals surface area (Å²) >= 11 is 0. The van der Waals surface area contributed by atoms with Crippen LogP contribution in [0.1, 0.15) is 33.4 Å². The highest BCUT2D eigenvalue weighted by atomic mass is 15.2. The van der Waals surface area contributed by atoms with Crippen molar-refractivity contribution < 1.29 is 0 Å². The molecule has 5 aromatic carbocycles. The molecule has 4 heteroatoms. The van der Waals surface area contributed by atoms with Crippen LogP contribution in [0.3, 0.4) is 0 Å². The topological polar surface area (TPSA) is 29.0 Å². The minimum Gasteiger partial charge on any atom is -0.294 e. The van der Waals surface area contributed by atoms with Crippen molar-refractivity contribution in [2.24, 2.45) is 0 Å². The largest absolute Gasteiger partial charge is 0.294 e. The number of hydrogen-bond donors (Lipinski definition) is 0. The van der Waals surface area contributed by atoms with Crippen molar-refractivity contribution in [1.82, 2.24) is 9.97 Å². The van der Waals surface area contributed by atoms with Crippen LogP contribution in [-0.2, 0) is 0 Å². The van der Waals surface area contributed by atoms with Gasteiger partial charge in [0.2, 0.25) is 6.71 Å². The van der Waals surface area contributed by atoms with E-state index in [1.807, 2.05) is 12.3 Å². The molecule has 0 aliphatic heterocycles. The molecule has 0 aliphatic rings. The fraction of sp³-hybridized carbons (Fsp3) is 0.150. The molecule has 6 rings (SSSR count). The van der Waals surface area contributed by atoms with E-state index in [4.69, 9.17) is 4.98 Å². The molecule has 216 valence electrons. The summed E-state index contributed by atoms with van der Waals surface area (Å²) in [5.41, 5.74) is 16.4. The molecule has 1 heterocycles. The number of anilines is 3. The number of rotatable bonds is 7. The van der Waals surface area contributed by atoms with Crippen LogP contribution in [0.15, 0.2) is 122 Å². The van der Waals surface area contributed by atoms with E-state index in [1.165, 1.54) is 60.9 Å². The van der Waals surface area contributed by atoms with Gasteiger partial charge in [0, 0.05) is 23.8 Å². The monoisotopic (exact) mass is 571 g/mol. The molecule has 0 saturated heterocycles. The van der Waals surface area contributed by atoms with Crippen molar-refractivity contribution in [2.75, 3.05) is 4.90 Å². The van der Waals surface area contributed by atoms with E-state index in [1.54, 1.807) is 12.4 Å². The van der Waals surface area contributed by atoms with Gasteiger partial charge in [0.15, 0.2) is 5.82 Å². The third kappa shape index (κ3) is 5.81. The Hall–Kier alpha value is -4.96. The Bertz CT molecular complexity index is 1790. The van der Waals surface area contributed by atoms with Gasteiger partial charge in [-0.1, -0.05) is 129 Å². The third-order valence-electron chi connectivity index (χ3n) is 8.55.